The first-order chi connectivity index (χ1) is 22.1. The molecule has 5 aromatic rings. The molecule has 0 spiro atoms. The van der Waals surface area contributed by atoms with Crippen LogP contribution in [0.2, 0.25) is 0 Å². The molecule has 234 valence electrons. The highest BCUT2D eigenvalue weighted by Crippen LogP contribution is 2.29. The third kappa shape index (κ3) is 7.27. The molecule has 6 rings (SSSR count). The summed E-state index contributed by atoms with van der Waals surface area (Å²) in [4.78, 5) is 28.2. The molecule has 1 fully saturated rings. The van der Waals surface area contributed by atoms with E-state index in [1.807, 2.05) is 24.3 Å². The van der Waals surface area contributed by atoms with E-state index in [0.717, 1.165) is 50.2 Å². The largest absolute Gasteiger partial charge is 0.451 e. The number of carbonyl (C=O) groups is 2. The molecule has 0 atom stereocenters. The fraction of sp³-hybridized carbons (Fsp3) is 0.235. The smallest absolute Gasteiger partial charge is 0.416 e. The summed E-state index contributed by atoms with van der Waals surface area (Å²) in [6, 6.07) is 21.2. The quantitative estimate of drug-likeness (QED) is 0.212. The van der Waals surface area contributed by atoms with Crippen molar-refractivity contribution in [3.63, 3.8) is 0 Å². The van der Waals surface area contributed by atoms with Crippen LogP contribution in [0.3, 0.4) is 0 Å². The number of amides is 2. The topological polar surface area (TPSA) is 116 Å². The summed E-state index contributed by atoms with van der Waals surface area (Å²) in [5, 5.41) is 19.7. The molecular weight excluding hydrogens is 597 g/mol. The number of likely N-dealkylation sites (tertiary alicyclic amines) is 1. The van der Waals surface area contributed by atoms with Crippen LogP contribution in [0.15, 0.2) is 89.6 Å². The number of fused-ring (bicyclic) bond motifs is 1. The van der Waals surface area contributed by atoms with Crippen molar-refractivity contribution in [1.29, 1.82) is 5.26 Å². The van der Waals surface area contributed by atoms with Crippen LogP contribution in [0.25, 0.3) is 11.0 Å². The van der Waals surface area contributed by atoms with Crippen LogP contribution in [0.4, 0.5) is 18.9 Å². The van der Waals surface area contributed by atoms with E-state index in [9.17, 15) is 22.8 Å². The van der Waals surface area contributed by atoms with Gasteiger partial charge in [0.05, 0.1) is 35.5 Å². The van der Waals surface area contributed by atoms with Crippen molar-refractivity contribution in [1.82, 2.24) is 20.0 Å². The number of alkyl halides is 3. The van der Waals surface area contributed by atoms with Crippen LogP contribution in [0.5, 0.6) is 0 Å². The second kappa shape index (κ2) is 12.9. The number of carbonyl (C=O) groups excluding carboxylic acids is 2. The lowest BCUT2D eigenvalue weighted by molar-refractivity contribution is -0.137. The summed E-state index contributed by atoms with van der Waals surface area (Å²) in [5.74, 6) is -0.527. The minimum absolute atomic E-state index is 0.0212. The Bertz CT molecular complexity index is 1900. The second-order valence-corrected chi connectivity index (χ2v) is 11.3. The number of hydrogen-bond acceptors (Lipinski definition) is 6. The molecule has 46 heavy (non-hydrogen) atoms. The Morgan fingerprint density at radius 1 is 0.935 bits per heavy atom. The van der Waals surface area contributed by atoms with Crippen molar-refractivity contribution in [2.45, 2.75) is 38.1 Å². The highest BCUT2D eigenvalue weighted by atomic mass is 19.4. The van der Waals surface area contributed by atoms with E-state index in [1.165, 1.54) is 29.2 Å². The summed E-state index contributed by atoms with van der Waals surface area (Å²) in [6.45, 7) is 2.67. The van der Waals surface area contributed by atoms with Crippen LogP contribution in [-0.2, 0) is 19.3 Å². The molecule has 12 heteroatoms. The van der Waals surface area contributed by atoms with E-state index in [1.54, 1.807) is 24.3 Å². The average molecular weight is 627 g/mol. The van der Waals surface area contributed by atoms with Crippen molar-refractivity contribution in [2.24, 2.45) is 0 Å². The number of nitrogens with one attached hydrogen (secondary N) is 2. The summed E-state index contributed by atoms with van der Waals surface area (Å²) in [5.41, 5.74) is 2.94. The first-order valence-electron chi connectivity index (χ1n) is 14.7. The predicted molar refractivity (Wildman–Crippen MR) is 164 cm³/mol. The minimum Gasteiger partial charge on any atom is -0.451 e. The number of nitrogens with zero attached hydrogens (tertiary/aromatic N) is 4. The molecule has 1 aliphatic heterocycles. The number of aromatic nitrogens is 2. The van der Waals surface area contributed by atoms with Crippen LogP contribution in [-0.4, -0.2) is 45.6 Å². The van der Waals surface area contributed by atoms with Gasteiger partial charge in [-0.1, -0.05) is 24.3 Å². The predicted octanol–water partition coefficient (Wildman–Crippen LogP) is 6.21. The van der Waals surface area contributed by atoms with Gasteiger partial charge in [-0.3, -0.25) is 19.2 Å². The maximum atomic E-state index is 13.0. The summed E-state index contributed by atoms with van der Waals surface area (Å²) >= 11 is 0. The van der Waals surface area contributed by atoms with Gasteiger partial charge in [-0.2, -0.15) is 23.5 Å². The van der Waals surface area contributed by atoms with Gasteiger partial charge in [-0.15, -0.1) is 0 Å². The Labute approximate surface area is 262 Å². The Kier molecular flexibility index (Phi) is 8.59. The number of anilines is 1. The van der Waals surface area contributed by atoms with E-state index in [0.29, 0.717) is 27.8 Å². The lowest BCUT2D eigenvalue weighted by Crippen LogP contribution is -2.44. The lowest BCUT2D eigenvalue weighted by Gasteiger charge is -2.32. The zero-order valence-corrected chi connectivity index (χ0v) is 24.6. The van der Waals surface area contributed by atoms with Gasteiger partial charge in [0.15, 0.2) is 5.76 Å². The van der Waals surface area contributed by atoms with Crippen molar-refractivity contribution >= 4 is 28.5 Å². The molecule has 2 N–H and O–H groups in total. The number of rotatable bonds is 8. The molecular formula is C34H29F3N6O3. The molecule has 3 aromatic carbocycles. The third-order valence-corrected chi connectivity index (χ3v) is 7.93. The maximum absolute atomic E-state index is 13.0. The van der Waals surface area contributed by atoms with Crippen LogP contribution in [0, 0.1) is 11.3 Å². The molecule has 3 heterocycles. The minimum atomic E-state index is -4.41. The molecule has 0 unspecified atom stereocenters. The van der Waals surface area contributed by atoms with Gasteiger partial charge in [0, 0.05) is 42.9 Å². The summed E-state index contributed by atoms with van der Waals surface area (Å²) in [7, 11) is 0. The highest BCUT2D eigenvalue weighted by Gasteiger charge is 2.30. The van der Waals surface area contributed by atoms with Gasteiger partial charge in [0.2, 0.25) is 0 Å². The van der Waals surface area contributed by atoms with Gasteiger partial charge in [0.1, 0.15) is 5.58 Å². The molecule has 0 radical (unpaired) electrons. The van der Waals surface area contributed by atoms with E-state index >= 15 is 0 Å². The number of benzene rings is 3. The normalized spacial score (nSPS) is 14.2. The number of hydrogen-bond donors (Lipinski definition) is 2. The first-order valence-corrected chi connectivity index (χ1v) is 14.7. The molecule has 2 aromatic heterocycles. The molecule has 9 nitrogen and oxygen atoms in total. The molecule has 1 saturated heterocycles. The van der Waals surface area contributed by atoms with E-state index < -0.39 is 17.6 Å². The van der Waals surface area contributed by atoms with Gasteiger partial charge in [0.25, 0.3) is 11.8 Å². The molecule has 1 aliphatic rings. The lowest BCUT2D eigenvalue weighted by atomic mass is 10.0. The van der Waals surface area contributed by atoms with Crippen LogP contribution >= 0.6 is 0 Å². The molecule has 0 bridgehead atoms. The zero-order chi connectivity index (χ0) is 32.3. The van der Waals surface area contributed by atoms with E-state index in [4.69, 9.17) is 9.68 Å². The standard InChI is InChI=1S/C34H29F3N6O3/c35-34(36,37)27-7-5-24(6-8-27)20-43-21-26(18-39-43)32(44)41-29-9-10-30-25(15-29)16-31(46-30)33(45)40-28-11-13-42(14-12-28)19-23-3-1-22(17-38)2-4-23/h1-10,15-16,18,21,28H,11-14,19-20H2,(H,40,45)(H,41,44). The SMILES string of the molecule is N#Cc1ccc(CN2CCC(NC(=O)c3cc4cc(NC(=O)c5cnn(Cc6ccc(C(F)(F)F)cc6)c5)ccc4o3)CC2)cc1. The zero-order valence-electron chi connectivity index (χ0n) is 24.6. The maximum Gasteiger partial charge on any atom is 0.416 e. The van der Waals surface area contributed by atoms with Gasteiger partial charge < -0.3 is 15.1 Å². The Morgan fingerprint density at radius 2 is 1.63 bits per heavy atom. The highest BCUT2D eigenvalue weighted by molar-refractivity contribution is 6.05. The fourth-order valence-electron chi connectivity index (χ4n) is 5.42. The van der Waals surface area contributed by atoms with E-state index in [2.05, 4.69) is 26.7 Å². The fourth-order valence-corrected chi connectivity index (χ4v) is 5.42. The number of piperidine rings is 1. The van der Waals surface area contributed by atoms with Crippen LogP contribution in [0.1, 0.15) is 56.0 Å². The average Bonchev–Trinajstić information content (AvgIpc) is 3.69. The summed E-state index contributed by atoms with van der Waals surface area (Å²) in [6.07, 6.45) is 0.106. The van der Waals surface area contributed by atoms with Crippen molar-refractivity contribution in [3.05, 3.63) is 119 Å². The van der Waals surface area contributed by atoms with Crippen LogP contribution < -0.4 is 10.6 Å². The number of nitriles is 1. The molecule has 0 saturated carbocycles. The van der Waals surface area contributed by atoms with Crippen molar-refractivity contribution < 1.29 is 27.2 Å². The molecule has 0 aliphatic carbocycles. The first kappa shape index (κ1) is 30.6. The van der Waals surface area contributed by atoms with E-state index in [-0.39, 0.29) is 29.8 Å². The number of halogens is 3. The monoisotopic (exact) mass is 626 g/mol. The second-order valence-electron chi connectivity index (χ2n) is 11.3. The number of furan rings is 1. The molecule has 2 amide bonds. The Balaban J connectivity index is 1.01. The van der Waals surface area contributed by atoms with Gasteiger partial charge >= 0.3 is 6.18 Å². The van der Waals surface area contributed by atoms with Crippen molar-refractivity contribution in [3.8, 4) is 6.07 Å². The summed E-state index contributed by atoms with van der Waals surface area (Å²) < 4.78 is 45.7. The van der Waals surface area contributed by atoms with Gasteiger partial charge in [-0.25, -0.2) is 0 Å². The van der Waals surface area contributed by atoms with Crippen molar-refractivity contribution in [2.75, 3.05) is 18.4 Å². The Morgan fingerprint density at radius 3 is 2.33 bits per heavy atom. The third-order valence-electron chi connectivity index (χ3n) is 7.93. The Hall–Kier alpha value is -5.41. The van der Waals surface area contributed by atoms with Gasteiger partial charge in [-0.05, 0) is 72.5 Å².